The summed E-state index contributed by atoms with van der Waals surface area (Å²) >= 11 is 0. The molecule has 0 saturated carbocycles. The monoisotopic (exact) mass is 319 g/mol. The van der Waals surface area contributed by atoms with Crippen LogP contribution < -0.4 is 15.4 Å². The van der Waals surface area contributed by atoms with Gasteiger partial charge in [-0.15, -0.1) is 12.4 Å². The molecule has 1 saturated heterocycles. The number of rotatable bonds is 4. The molecule has 1 aliphatic heterocycles. The molecule has 0 aromatic heterocycles. The van der Waals surface area contributed by atoms with Crippen molar-refractivity contribution in [3.8, 4) is 0 Å². The van der Waals surface area contributed by atoms with Crippen molar-refractivity contribution in [3.63, 3.8) is 0 Å². The largest absolute Gasteiger partial charge is 0.325 e. The molecule has 0 radical (unpaired) electrons. The molecule has 1 atom stereocenters. The van der Waals surface area contributed by atoms with Crippen molar-refractivity contribution in [2.45, 2.75) is 18.9 Å². The predicted octanol–water partition coefficient (Wildman–Crippen LogP) is 1.17. The van der Waals surface area contributed by atoms with Gasteiger partial charge in [-0.3, -0.25) is 9.52 Å². The fourth-order valence-corrected chi connectivity index (χ4v) is 2.57. The molecule has 1 aliphatic rings. The van der Waals surface area contributed by atoms with Gasteiger partial charge in [-0.25, -0.2) is 8.42 Å². The first-order valence-electron chi connectivity index (χ1n) is 6.06. The molecule has 1 fully saturated rings. The maximum absolute atomic E-state index is 11.9. The van der Waals surface area contributed by atoms with E-state index in [1.54, 1.807) is 24.3 Å². The molecule has 0 spiro atoms. The van der Waals surface area contributed by atoms with Crippen molar-refractivity contribution in [2.24, 2.45) is 0 Å². The van der Waals surface area contributed by atoms with Crippen molar-refractivity contribution < 1.29 is 13.2 Å². The summed E-state index contributed by atoms with van der Waals surface area (Å²) in [6.07, 6.45) is 2.90. The molecule has 1 heterocycles. The fraction of sp³-hybridized carbons (Fsp3) is 0.417. The molecule has 2 rings (SSSR count). The van der Waals surface area contributed by atoms with Crippen LogP contribution >= 0.6 is 12.4 Å². The third kappa shape index (κ3) is 4.99. The number of benzene rings is 1. The highest BCUT2D eigenvalue weighted by Gasteiger charge is 2.21. The molecule has 1 amide bonds. The van der Waals surface area contributed by atoms with Gasteiger partial charge < -0.3 is 10.6 Å². The Kier molecular flexibility index (Phi) is 5.79. The second kappa shape index (κ2) is 6.92. The smallest absolute Gasteiger partial charge is 0.241 e. The number of hydrogen-bond donors (Lipinski definition) is 3. The highest BCUT2D eigenvalue weighted by molar-refractivity contribution is 7.92. The minimum atomic E-state index is -3.31. The van der Waals surface area contributed by atoms with Gasteiger partial charge in [0.15, 0.2) is 0 Å². The van der Waals surface area contributed by atoms with Crippen LogP contribution in [0.2, 0.25) is 0 Å². The van der Waals surface area contributed by atoms with E-state index in [2.05, 4.69) is 15.4 Å². The quantitative estimate of drug-likeness (QED) is 0.777. The topological polar surface area (TPSA) is 87.3 Å². The SMILES string of the molecule is CS(=O)(=O)Nc1cccc(NC(=O)[C@@H]2CCCN2)c1.Cl. The molecule has 20 heavy (non-hydrogen) atoms. The minimum Gasteiger partial charge on any atom is -0.325 e. The van der Waals surface area contributed by atoms with Crippen LogP contribution in [0.3, 0.4) is 0 Å². The van der Waals surface area contributed by atoms with Crippen molar-refractivity contribution in [1.29, 1.82) is 0 Å². The molecular weight excluding hydrogens is 302 g/mol. The summed E-state index contributed by atoms with van der Waals surface area (Å²) in [5, 5.41) is 5.88. The second-order valence-electron chi connectivity index (χ2n) is 4.59. The molecule has 6 nitrogen and oxygen atoms in total. The molecule has 0 bridgehead atoms. The summed E-state index contributed by atoms with van der Waals surface area (Å²) in [4.78, 5) is 11.9. The summed E-state index contributed by atoms with van der Waals surface area (Å²) in [7, 11) is -3.31. The van der Waals surface area contributed by atoms with Gasteiger partial charge in [0.05, 0.1) is 18.0 Å². The van der Waals surface area contributed by atoms with Crippen LogP contribution in [-0.2, 0) is 14.8 Å². The third-order valence-corrected chi connectivity index (χ3v) is 3.42. The van der Waals surface area contributed by atoms with Crippen molar-refractivity contribution in [3.05, 3.63) is 24.3 Å². The average molecular weight is 320 g/mol. The first-order chi connectivity index (χ1) is 8.94. The van der Waals surface area contributed by atoms with E-state index in [1.165, 1.54) is 0 Å². The van der Waals surface area contributed by atoms with E-state index < -0.39 is 10.0 Å². The first kappa shape index (κ1) is 16.7. The number of halogens is 1. The van der Waals surface area contributed by atoms with Crippen molar-refractivity contribution >= 4 is 39.7 Å². The summed E-state index contributed by atoms with van der Waals surface area (Å²) in [5.74, 6) is -0.0889. The fourth-order valence-electron chi connectivity index (χ4n) is 2.01. The second-order valence-corrected chi connectivity index (χ2v) is 6.34. The van der Waals surface area contributed by atoms with Crippen molar-refractivity contribution in [2.75, 3.05) is 22.8 Å². The number of carbonyl (C=O) groups is 1. The Morgan fingerprint density at radius 1 is 1.35 bits per heavy atom. The molecular formula is C12H18ClN3O3S. The van der Waals surface area contributed by atoms with Gasteiger partial charge in [0, 0.05) is 5.69 Å². The van der Waals surface area contributed by atoms with Crippen molar-refractivity contribution in [1.82, 2.24) is 5.32 Å². The average Bonchev–Trinajstić information content (AvgIpc) is 2.80. The Morgan fingerprint density at radius 3 is 2.65 bits per heavy atom. The third-order valence-electron chi connectivity index (χ3n) is 2.81. The van der Waals surface area contributed by atoms with E-state index in [0.29, 0.717) is 11.4 Å². The van der Waals surface area contributed by atoms with Crippen LogP contribution in [0.4, 0.5) is 11.4 Å². The Labute approximate surface area is 124 Å². The molecule has 1 aromatic carbocycles. The van der Waals surface area contributed by atoms with E-state index in [9.17, 15) is 13.2 Å². The minimum absolute atomic E-state index is 0. The number of amides is 1. The van der Waals surface area contributed by atoms with Crippen LogP contribution in [-0.4, -0.2) is 33.2 Å². The van der Waals surface area contributed by atoms with Crippen LogP contribution in [0, 0.1) is 0 Å². The normalized spacial score (nSPS) is 18.1. The first-order valence-corrected chi connectivity index (χ1v) is 7.95. The molecule has 0 unspecified atom stereocenters. The Hall–Kier alpha value is -1.31. The van der Waals surface area contributed by atoms with Gasteiger partial charge >= 0.3 is 0 Å². The van der Waals surface area contributed by atoms with Gasteiger partial charge in [-0.2, -0.15) is 0 Å². The van der Waals surface area contributed by atoms with E-state index in [0.717, 1.165) is 25.6 Å². The number of anilines is 2. The lowest BCUT2D eigenvalue weighted by Crippen LogP contribution is -2.35. The standard InChI is InChI=1S/C12H17N3O3S.ClH/c1-19(17,18)15-10-5-2-4-9(8-10)14-12(16)11-6-3-7-13-11;/h2,4-5,8,11,13,15H,3,6-7H2,1H3,(H,14,16);1H/t11-;/m0./s1. The molecule has 8 heteroatoms. The Morgan fingerprint density at radius 2 is 2.05 bits per heavy atom. The van der Waals surface area contributed by atoms with E-state index in [1.807, 2.05) is 0 Å². The van der Waals surface area contributed by atoms with Gasteiger partial charge in [0.2, 0.25) is 15.9 Å². The van der Waals surface area contributed by atoms with Crippen LogP contribution in [0.15, 0.2) is 24.3 Å². The summed E-state index contributed by atoms with van der Waals surface area (Å²) in [5.41, 5.74) is 1.01. The van der Waals surface area contributed by atoms with Gasteiger partial charge in [-0.05, 0) is 37.6 Å². The van der Waals surface area contributed by atoms with Gasteiger partial charge in [-0.1, -0.05) is 6.07 Å². The molecule has 1 aromatic rings. The van der Waals surface area contributed by atoms with E-state index in [4.69, 9.17) is 0 Å². The van der Waals surface area contributed by atoms with E-state index >= 15 is 0 Å². The Bertz CT molecular complexity index is 571. The predicted molar refractivity (Wildman–Crippen MR) is 81.8 cm³/mol. The maximum Gasteiger partial charge on any atom is 0.241 e. The lowest BCUT2D eigenvalue weighted by Gasteiger charge is -2.12. The maximum atomic E-state index is 11.9. The van der Waals surface area contributed by atoms with Gasteiger partial charge in [0.1, 0.15) is 0 Å². The zero-order valence-electron chi connectivity index (χ0n) is 11.0. The van der Waals surface area contributed by atoms with Crippen LogP contribution in [0.5, 0.6) is 0 Å². The zero-order chi connectivity index (χ0) is 13.9. The highest BCUT2D eigenvalue weighted by atomic mass is 35.5. The number of hydrogen-bond acceptors (Lipinski definition) is 4. The summed E-state index contributed by atoms with van der Waals surface area (Å²) < 4.78 is 24.6. The lowest BCUT2D eigenvalue weighted by molar-refractivity contribution is -0.117. The highest BCUT2D eigenvalue weighted by Crippen LogP contribution is 2.17. The zero-order valence-corrected chi connectivity index (χ0v) is 12.7. The molecule has 112 valence electrons. The number of nitrogens with one attached hydrogen (secondary N) is 3. The summed E-state index contributed by atoms with van der Waals surface area (Å²) in [6, 6.07) is 6.47. The van der Waals surface area contributed by atoms with Crippen LogP contribution in [0.25, 0.3) is 0 Å². The molecule has 3 N–H and O–H groups in total. The number of sulfonamides is 1. The number of carbonyl (C=O) groups excluding carboxylic acids is 1. The van der Waals surface area contributed by atoms with E-state index in [-0.39, 0.29) is 24.4 Å². The van der Waals surface area contributed by atoms with Gasteiger partial charge in [0.25, 0.3) is 0 Å². The Balaban J connectivity index is 0.00000200. The summed E-state index contributed by atoms with van der Waals surface area (Å²) in [6.45, 7) is 0.855. The lowest BCUT2D eigenvalue weighted by atomic mass is 10.2. The molecule has 0 aliphatic carbocycles. The van der Waals surface area contributed by atoms with Crippen LogP contribution in [0.1, 0.15) is 12.8 Å².